The molecule has 6 rings (SSSR count). The first-order valence-electron chi connectivity index (χ1n) is 15.1. The molecular weight excluding hydrogens is 527 g/mol. The van der Waals surface area contributed by atoms with Crippen LogP contribution >= 0.6 is 11.6 Å². The van der Waals surface area contributed by atoms with E-state index in [1.54, 1.807) is 6.07 Å². The zero-order valence-corrected chi connectivity index (χ0v) is 24.1. The topological polar surface area (TPSA) is 68.5 Å². The van der Waals surface area contributed by atoms with Crippen LogP contribution in [-0.4, -0.2) is 67.0 Å². The van der Waals surface area contributed by atoms with Gasteiger partial charge in [-0.3, -0.25) is 0 Å². The summed E-state index contributed by atoms with van der Waals surface area (Å²) in [5.74, 6) is 1.14. The normalized spacial score (nSPS) is 22.5. The number of aromatic nitrogens is 2. The fourth-order valence-corrected chi connectivity index (χ4v) is 7.50. The molecule has 0 unspecified atom stereocenters. The minimum atomic E-state index is -0.351. The Bertz CT molecular complexity index is 1210. The molecule has 1 aromatic carbocycles. The van der Waals surface area contributed by atoms with Gasteiger partial charge in [-0.15, -0.1) is 10.2 Å². The summed E-state index contributed by atoms with van der Waals surface area (Å²) in [6.45, 7) is 6.72. The fraction of sp³-hybridized carbons (Fsp3) is 0.645. The lowest BCUT2D eigenvalue weighted by Gasteiger charge is -2.39. The summed E-state index contributed by atoms with van der Waals surface area (Å²) < 4.78 is 21.3. The Morgan fingerprint density at radius 3 is 2.35 bits per heavy atom. The number of nitriles is 1. The second kappa shape index (κ2) is 12.1. The third kappa shape index (κ3) is 6.16. The van der Waals surface area contributed by atoms with Crippen molar-refractivity contribution in [3.8, 4) is 11.9 Å². The number of halogens is 2. The summed E-state index contributed by atoms with van der Waals surface area (Å²) >= 11 is 6.28. The Morgan fingerprint density at radius 1 is 0.950 bits per heavy atom. The summed E-state index contributed by atoms with van der Waals surface area (Å²) in [6.07, 6.45) is 12.0. The molecule has 3 aliphatic heterocycles. The van der Waals surface area contributed by atoms with Gasteiger partial charge in [-0.2, -0.15) is 5.26 Å². The number of benzene rings is 1. The van der Waals surface area contributed by atoms with Crippen molar-refractivity contribution in [2.24, 2.45) is 11.3 Å². The monoisotopic (exact) mass is 566 g/mol. The maximum atomic E-state index is 15.2. The first kappa shape index (κ1) is 27.5. The van der Waals surface area contributed by atoms with Crippen LogP contribution in [-0.2, 0) is 0 Å². The van der Waals surface area contributed by atoms with Crippen molar-refractivity contribution >= 4 is 23.1 Å². The average molecular weight is 567 g/mol. The van der Waals surface area contributed by atoms with Gasteiger partial charge in [0.05, 0.1) is 10.6 Å². The van der Waals surface area contributed by atoms with Crippen molar-refractivity contribution in [2.75, 3.05) is 55.6 Å². The SMILES string of the molecule is N#Cc1ccc(N2CCC3(CCN(c4nnc(OC5CCN(CC6CCCCC6)CC5)cc4F)CC3)C2)cc1Cl. The van der Waals surface area contributed by atoms with Crippen LogP contribution in [0.5, 0.6) is 5.88 Å². The second-order valence-electron chi connectivity index (χ2n) is 12.4. The molecule has 3 saturated heterocycles. The van der Waals surface area contributed by atoms with Crippen molar-refractivity contribution in [1.29, 1.82) is 5.26 Å². The highest BCUT2D eigenvalue weighted by atomic mass is 35.5. The van der Waals surface area contributed by atoms with Crippen LogP contribution in [0.25, 0.3) is 0 Å². The molecule has 214 valence electrons. The van der Waals surface area contributed by atoms with Crippen LogP contribution in [0.4, 0.5) is 15.9 Å². The number of piperidine rings is 2. The Balaban J connectivity index is 0.985. The minimum absolute atomic E-state index is 0.0771. The predicted molar refractivity (Wildman–Crippen MR) is 156 cm³/mol. The van der Waals surface area contributed by atoms with Gasteiger partial charge >= 0.3 is 0 Å². The lowest BCUT2D eigenvalue weighted by Crippen LogP contribution is -2.42. The van der Waals surface area contributed by atoms with E-state index in [0.29, 0.717) is 22.3 Å². The van der Waals surface area contributed by atoms with E-state index in [0.717, 1.165) is 83.0 Å². The van der Waals surface area contributed by atoms with Gasteiger partial charge < -0.3 is 19.4 Å². The molecule has 0 atom stereocenters. The number of hydrogen-bond donors (Lipinski definition) is 0. The number of ether oxygens (including phenoxy) is 1. The zero-order chi connectivity index (χ0) is 27.5. The molecular formula is C31H40ClFN6O. The van der Waals surface area contributed by atoms with Crippen molar-refractivity contribution in [2.45, 2.75) is 70.3 Å². The smallest absolute Gasteiger partial charge is 0.236 e. The maximum absolute atomic E-state index is 15.2. The molecule has 0 radical (unpaired) electrons. The van der Waals surface area contributed by atoms with E-state index in [9.17, 15) is 0 Å². The summed E-state index contributed by atoms with van der Waals surface area (Å²) in [7, 11) is 0. The molecule has 0 amide bonds. The molecule has 1 aliphatic carbocycles. The lowest BCUT2D eigenvalue weighted by atomic mass is 9.78. The van der Waals surface area contributed by atoms with Gasteiger partial charge in [0.1, 0.15) is 12.2 Å². The number of likely N-dealkylation sites (tertiary alicyclic amines) is 1. The predicted octanol–water partition coefficient (Wildman–Crippen LogP) is 6.06. The third-order valence-corrected chi connectivity index (χ3v) is 10.1. The largest absolute Gasteiger partial charge is 0.473 e. The molecule has 7 nitrogen and oxygen atoms in total. The molecule has 1 spiro atoms. The van der Waals surface area contributed by atoms with Gasteiger partial charge in [0.2, 0.25) is 5.88 Å². The van der Waals surface area contributed by atoms with Gasteiger partial charge in [0.25, 0.3) is 0 Å². The highest BCUT2D eigenvalue weighted by Gasteiger charge is 2.41. The van der Waals surface area contributed by atoms with Crippen LogP contribution in [0.2, 0.25) is 5.02 Å². The fourth-order valence-electron chi connectivity index (χ4n) is 7.28. The van der Waals surface area contributed by atoms with Crippen LogP contribution in [0, 0.1) is 28.5 Å². The summed E-state index contributed by atoms with van der Waals surface area (Å²) in [4.78, 5) is 6.97. The molecule has 9 heteroatoms. The van der Waals surface area contributed by atoms with Crippen LogP contribution in [0.15, 0.2) is 24.3 Å². The molecule has 2 aromatic rings. The molecule has 0 bridgehead atoms. The summed E-state index contributed by atoms with van der Waals surface area (Å²) in [6, 6.07) is 9.21. The Hall–Kier alpha value is -2.63. The minimum Gasteiger partial charge on any atom is -0.473 e. The molecule has 40 heavy (non-hydrogen) atoms. The standard InChI is InChI=1S/C31H40ClFN6O/c32-27-18-25(7-6-24(27)20-34)39-17-12-31(22-39)10-15-38(16-11-31)30-28(33)19-29(35-36-30)40-26-8-13-37(14-9-26)21-23-4-2-1-3-5-23/h6-7,18-19,23,26H,1-5,8-17,21-22H2. The van der Waals surface area contributed by atoms with Gasteiger partial charge in [-0.1, -0.05) is 30.9 Å². The molecule has 4 heterocycles. The highest BCUT2D eigenvalue weighted by molar-refractivity contribution is 6.32. The van der Waals surface area contributed by atoms with Crippen LogP contribution in [0.1, 0.15) is 69.8 Å². The van der Waals surface area contributed by atoms with E-state index in [4.69, 9.17) is 21.6 Å². The van der Waals surface area contributed by atoms with Gasteiger partial charge in [0.15, 0.2) is 11.6 Å². The van der Waals surface area contributed by atoms with E-state index in [1.165, 1.54) is 44.7 Å². The van der Waals surface area contributed by atoms with Gasteiger partial charge in [0, 0.05) is 57.6 Å². The quantitative estimate of drug-likeness (QED) is 0.421. The maximum Gasteiger partial charge on any atom is 0.236 e. The molecule has 4 fully saturated rings. The van der Waals surface area contributed by atoms with E-state index >= 15 is 4.39 Å². The van der Waals surface area contributed by atoms with E-state index in [-0.39, 0.29) is 17.3 Å². The molecule has 4 aliphatic rings. The van der Waals surface area contributed by atoms with Crippen LogP contribution < -0.4 is 14.5 Å². The van der Waals surface area contributed by atoms with E-state index in [2.05, 4.69) is 26.1 Å². The van der Waals surface area contributed by atoms with Gasteiger partial charge in [-0.05, 0) is 74.5 Å². The van der Waals surface area contributed by atoms with Gasteiger partial charge in [-0.25, -0.2) is 4.39 Å². The van der Waals surface area contributed by atoms with Crippen molar-refractivity contribution < 1.29 is 9.13 Å². The van der Waals surface area contributed by atoms with Crippen molar-refractivity contribution in [1.82, 2.24) is 15.1 Å². The number of rotatable bonds is 6. The highest BCUT2D eigenvalue weighted by Crippen LogP contribution is 2.43. The Labute approximate surface area is 242 Å². The van der Waals surface area contributed by atoms with Crippen LogP contribution in [0.3, 0.4) is 0 Å². The first-order chi connectivity index (χ1) is 19.5. The van der Waals surface area contributed by atoms with E-state index in [1.807, 2.05) is 17.0 Å². The second-order valence-corrected chi connectivity index (χ2v) is 12.8. The molecule has 0 N–H and O–H groups in total. The number of hydrogen-bond acceptors (Lipinski definition) is 7. The lowest BCUT2D eigenvalue weighted by molar-refractivity contribution is 0.0824. The number of anilines is 2. The molecule has 1 aromatic heterocycles. The van der Waals surface area contributed by atoms with Crippen molar-refractivity contribution in [3.63, 3.8) is 0 Å². The average Bonchev–Trinajstić information content (AvgIpc) is 3.39. The van der Waals surface area contributed by atoms with Crippen molar-refractivity contribution in [3.05, 3.63) is 40.7 Å². The number of nitrogens with zero attached hydrogens (tertiary/aromatic N) is 6. The Morgan fingerprint density at radius 2 is 1.68 bits per heavy atom. The summed E-state index contributed by atoms with van der Waals surface area (Å²) in [5, 5.41) is 18.2. The first-order valence-corrected chi connectivity index (χ1v) is 15.5. The van der Waals surface area contributed by atoms with E-state index < -0.39 is 0 Å². The zero-order valence-electron chi connectivity index (χ0n) is 23.3. The Kier molecular flexibility index (Phi) is 8.32. The molecule has 1 saturated carbocycles. The summed E-state index contributed by atoms with van der Waals surface area (Å²) in [5.41, 5.74) is 1.77. The third-order valence-electron chi connectivity index (χ3n) is 9.77.